The summed E-state index contributed by atoms with van der Waals surface area (Å²) >= 11 is 9.99. The van der Waals surface area contributed by atoms with Gasteiger partial charge in [0.2, 0.25) is 0 Å². The third-order valence-corrected chi connectivity index (χ3v) is 2.14. The fraction of sp³-hybridized carbons (Fsp3) is 0.429. The van der Waals surface area contributed by atoms with Crippen LogP contribution in [0.3, 0.4) is 0 Å². The fourth-order valence-electron chi connectivity index (χ4n) is 0.788. The van der Waals surface area contributed by atoms with Crippen LogP contribution in [-0.4, -0.2) is 36.6 Å². The molecule has 0 aliphatic heterocycles. The Kier molecular flexibility index (Phi) is 4.70. The molecule has 0 aromatic rings. The number of rotatable bonds is 4. The molecule has 0 spiro atoms. The van der Waals surface area contributed by atoms with Crippen molar-refractivity contribution >= 4 is 45.6 Å². The van der Waals surface area contributed by atoms with Crippen LogP contribution in [-0.2, 0) is 28.7 Å². The van der Waals surface area contributed by atoms with Crippen LogP contribution in [0.2, 0.25) is 0 Å². The highest BCUT2D eigenvalue weighted by Gasteiger charge is 2.61. The lowest BCUT2D eigenvalue weighted by molar-refractivity contribution is -0.170. The first-order valence-electron chi connectivity index (χ1n) is 3.42. The summed E-state index contributed by atoms with van der Waals surface area (Å²) in [5, 5.41) is -3.16. The summed E-state index contributed by atoms with van der Waals surface area (Å²) in [5.74, 6) is -2.98. The van der Waals surface area contributed by atoms with E-state index in [2.05, 4.69) is 9.47 Å². The molecule has 0 amide bonds. The summed E-state index contributed by atoms with van der Waals surface area (Å²) in [6, 6.07) is 0. The van der Waals surface area contributed by atoms with Crippen molar-refractivity contribution in [2.24, 2.45) is 5.41 Å². The summed E-state index contributed by atoms with van der Waals surface area (Å²) in [5.41, 5.74) is -2.95. The normalized spacial score (nSPS) is 10.4. The Bertz CT molecular complexity index is 291. The Labute approximate surface area is 94.4 Å². The van der Waals surface area contributed by atoms with Gasteiger partial charge in [-0.15, -0.1) is 0 Å². The molecule has 0 aliphatic carbocycles. The minimum Gasteiger partial charge on any atom is -0.467 e. The smallest absolute Gasteiger partial charge is 0.341 e. The molecule has 0 aromatic carbocycles. The maximum absolute atomic E-state index is 11.2. The molecule has 15 heavy (non-hydrogen) atoms. The Morgan fingerprint density at radius 2 is 1.13 bits per heavy atom. The number of methoxy groups -OCH3 is 2. The largest absolute Gasteiger partial charge is 0.467 e. The van der Waals surface area contributed by atoms with Crippen molar-refractivity contribution in [3.63, 3.8) is 0 Å². The summed E-state index contributed by atoms with van der Waals surface area (Å²) in [7, 11) is 1.72. The highest BCUT2D eigenvalue weighted by atomic mass is 35.5. The molecule has 0 rings (SSSR count). The maximum atomic E-state index is 11.2. The van der Waals surface area contributed by atoms with Crippen molar-refractivity contribution in [1.82, 2.24) is 0 Å². The molecular weight excluding hydrogens is 251 g/mol. The maximum Gasteiger partial charge on any atom is 0.341 e. The molecule has 0 radical (unpaired) electrons. The molecule has 0 N–H and O–H groups in total. The van der Waals surface area contributed by atoms with Gasteiger partial charge in [0.25, 0.3) is 10.5 Å². The standard InChI is InChI=1S/C7H6Cl2O6/c1-14-5(12)7(3(8)10,4(9)11)6(13)15-2/h1-2H3. The third-order valence-electron chi connectivity index (χ3n) is 1.57. The lowest BCUT2D eigenvalue weighted by Gasteiger charge is -2.19. The second-order valence-electron chi connectivity index (χ2n) is 2.28. The minimum absolute atomic E-state index is 0.861. The Balaban J connectivity index is 5.70. The monoisotopic (exact) mass is 256 g/mol. The van der Waals surface area contributed by atoms with Gasteiger partial charge in [-0.1, -0.05) is 0 Å². The molecule has 0 aliphatic rings. The number of esters is 2. The van der Waals surface area contributed by atoms with E-state index >= 15 is 0 Å². The van der Waals surface area contributed by atoms with Crippen LogP contribution in [0.1, 0.15) is 0 Å². The van der Waals surface area contributed by atoms with Gasteiger partial charge in [-0.3, -0.25) is 9.59 Å². The summed E-state index contributed by atoms with van der Waals surface area (Å²) in [4.78, 5) is 44.3. The van der Waals surface area contributed by atoms with Crippen LogP contribution in [0.5, 0.6) is 0 Å². The molecule has 0 heterocycles. The van der Waals surface area contributed by atoms with Crippen molar-refractivity contribution in [2.75, 3.05) is 14.2 Å². The predicted octanol–water partition coefficient (Wildman–Crippen LogP) is -0.150. The van der Waals surface area contributed by atoms with E-state index in [9.17, 15) is 19.2 Å². The molecule has 0 bridgehead atoms. The van der Waals surface area contributed by atoms with Gasteiger partial charge in [0.05, 0.1) is 14.2 Å². The van der Waals surface area contributed by atoms with Crippen LogP contribution in [0.25, 0.3) is 0 Å². The van der Waals surface area contributed by atoms with Gasteiger partial charge in [-0.2, -0.15) is 0 Å². The fourth-order valence-corrected chi connectivity index (χ4v) is 1.32. The van der Waals surface area contributed by atoms with E-state index in [1.165, 1.54) is 0 Å². The number of hydrogen-bond donors (Lipinski definition) is 0. The number of halogens is 2. The number of carbonyl (C=O) groups excluding carboxylic acids is 4. The van der Waals surface area contributed by atoms with Crippen LogP contribution >= 0.6 is 23.2 Å². The lowest BCUT2D eigenvalue weighted by Crippen LogP contribution is -2.50. The van der Waals surface area contributed by atoms with Gasteiger partial charge in [0, 0.05) is 0 Å². The van der Waals surface area contributed by atoms with Gasteiger partial charge in [0.1, 0.15) is 0 Å². The van der Waals surface area contributed by atoms with Crippen molar-refractivity contribution in [3.8, 4) is 0 Å². The predicted molar refractivity (Wildman–Crippen MR) is 48.2 cm³/mol. The number of carbonyl (C=O) groups is 4. The van der Waals surface area contributed by atoms with Crippen LogP contribution in [0, 0.1) is 5.41 Å². The first-order chi connectivity index (χ1) is 6.85. The van der Waals surface area contributed by atoms with E-state index in [4.69, 9.17) is 23.2 Å². The Morgan fingerprint density at radius 3 is 1.27 bits per heavy atom. The van der Waals surface area contributed by atoms with Gasteiger partial charge >= 0.3 is 17.4 Å². The van der Waals surface area contributed by atoms with Crippen LogP contribution in [0.4, 0.5) is 0 Å². The molecule has 84 valence electrons. The van der Waals surface area contributed by atoms with Crippen molar-refractivity contribution in [1.29, 1.82) is 0 Å². The van der Waals surface area contributed by atoms with E-state index in [0.29, 0.717) is 0 Å². The quantitative estimate of drug-likeness (QED) is 0.395. The second kappa shape index (κ2) is 5.09. The van der Waals surface area contributed by atoms with Gasteiger partial charge in [-0.05, 0) is 23.2 Å². The van der Waals surface area contributed by atoms with Crippen LogP contribution < -0.4 is 0 Å². The average molecular weight is 257 g/mol. The van der Waals surface area contributed by atoms with Crippen molar-refractivity contribution in [2.45, 2.75) is 0 Å². The molecule has 0 atom stereocenters. The minimum atomic E-state index is -2.95. The van der Waals surface area contributed by atoms with E-state index < -0.39 is 27.8 Å². The van der Waals surface area contributed by atoms with Gasteiger partial charge in [0.15, 0.2) is 0 Å². The average Bonchev–Trinajstić information content (AvgIpc) is 2.16. The third kappa shape index (κ3) is 2.10. The van der Waals surface area contributed by atoms with Crippen molar-refractivity contribution in [3.05, 3.63) is 0 Å². The topological polar surface area (TPSA) is 86.7 Å². The zero-order valence-corrected chi connectivity index (χ0v) is 9.22. The first kappa shape index (κ1) is 13.9. The molecule has 0 saturated heterocycles. The zero-order valence-electron chi connectivity index (χ0n) is 7.71. The van der Waals surface area contributed by atoms with Crippen molar-refractivity contribution < 1.29 is 28.7 Å². The summed E-state index contributed by atoms with van der Waals surface area (Å²) in [6.07, 6.45) is 0. The van der Waals surface area contributed by atoms with E-state index in [1.807, 2.05) is 0 Å². The molecule has 6 nitrogen and oxygen atoms in total. The highest BCUT2D eigenvalue weighted by molar-refractivity contribution is 6.80. The number of hydrogen-bond acceptors (Lipinski definition) is 6. The number of ether oxygens (including phenoxy) is 2. The Hall–Kier alpha value is -1.14. The summed E-state index contributed by atoms with van der Waals surface area (Å²) in [6.45, 7) is 0. The SMILES string of the molecule is COC(=O)C(C(=O)Cl)(C(=O)Cl)C(=O)OC. The molecule has 8 heteroatoms. The second-order valence-corrected chi connectivity index (χ2v) is 2.97. The molecule has 0 aromatic heterocycles. The van der Waals surface area contributed by atoms with Crippen LogP contribution in [0.15, 0.2) is 0 Å². The lowest BCUT2D eigenvalue weighted by atomic mass is 9.91. The molecule has 0 fully saturated rings. The Morgan fingerprint density at radius 1 is 0.867 bits per heavy atom. The van der Waals surface area contributed by atoms with Gasteiger partial charge in [-0.25, -0.2) is 9.59 Å². The highest BCUT2D eigenvalue weighted by Crippen LogP contribution is 2.28. The van der Waals surface area contributed by atoms with Gasteiger partial charge < -0.3 is 9.47 Å². The zero-order chi connectivity index (χ0) is 12.2. The molecule has 0 unspecified atom stereocenters. The van der Waals surface area contributed by atoms with E-state index in [1.54, 1.807) is 0 Å². The summed E-state index contributed by atoms with van der Waals surface area (Å²) < 4.78 is 8.22. The van der Waals surface area contributed by atoms with E-state index in [0.717, 1.165) is 14.2 Å². The molecular formula is C7H6Cl2O6. The first-order valence-corrected chi connectivity index (χ1v) is 4.18. The molecule has 0 saturated carbocycles. The van der Waals surface area contributed by atoms with E-state index in [-0.39, 0.29) is 0 Å².